The van der Waals surface area contributed by atoms with Crippen LogP contribution in [0.3, 0.4) is 0 Å². The van der Waals surface area contributed by atoms with Crippen molar-refractivity contribution < 1.29 is 22.1 Å². The molecular weight excluding hydrogens is 208 g/mol. The third-order valence-corrected chi connectivity index (χ3v) is 2.73. The van der Waals surface area contributed by atoms with Gasteiger partial charge in [0.1, 0.15) is 0 Å². The second kappa shape index (κ2) is 4.57. The van der Waals surface area contributed by atoms with Crippen molar-refractivity contribution in [3.05, 3.63) is 0 Å². The number of rotatable bonds is 5. The standard InChI is InChI=1S/C8H16O5S/c1-3-8(11-6-7-12-8)4-5-13-14(2,9)10/h3-7H2,1-2H3. The molecule has 0 atom stereocenters. The zero-order chi connectivity index (χ0) is 10.7. The van der Waals surface area contributed by atoms with Crippen molar-refractivity contribution in [3.8, 4) is 0 Å². The minimum atomic E-state index is -3.36. The molecule has 0 spiro atoms. The van der Waals surface area contributed by atoms with Crippen molar-refractivity contribution in [2.45, 2.75) is 25.6 Å². The van der Waals surface area contributed by atoms with Crippen LogP contribution in [0.5, 0.6) is 0 Å². The second-order valence-electron chi connectivity index (χ2n) is 3.24. The monoisotopic (exact) mass is 224 g/mol. The van der Waals surface area contributed by atoms with Gasteiger partial charge in [-0.2, -0.15) is 8.42 Å². The van der Waals surface area contributed by atoms with Gasteiger partial charge in [-0.25, -0.2) is 0 Å². The van der Waals surface area contributed by atoms with Crippen LogP contribution in [-0.2, 0) is 23.8 Å². The lowest BCUT2D eigenvalue weighted by Gasteiger charge is -2.25. The van der Waals surface area contributed by atoms with Gasteiger partial charge in [-0.15, -0.1) is 0 Å². The minimum Gasteiger partial charge on any atom is -0.347 e. The van der Waals surface area contributed by atoms with Gasteiger partial charge in [0.2, 0.25) is 0 Å². The molecule has 0 radical (unpaired) electrons. The molecule has 0 aliphatic carbocycles. The smallest absolute Gasteiger partial charge is 0.264 e. The third-order valence-electron chi connectivity index (χ3n) is 2.13. The molecule has 0 aromatic carbocycles. The van der Waals surface area contributed by atoms with Crippen LogP contribution in [0.15, 0.2) is 0 Å². The summed E-state index contributed by atoms with van der Waals surface area (Å²) in [6, 6.07) is 0. The third kappa shape index (κ3) is 3.53. The molecule has 1 heterocycles. The Morgan fingerprint density at radius 3 is 2.36 bits per heavy atom. The fraction of sp³-hybridized carbons (Fsp3) is 1.00. The van der Waals surface area contributed by atoms with Gasteiger partial charge in [0.25, 0.3) is 10.1 Å². The van der Waals surface area contributed by atoms with Crippen LogP contribution in [0.1, 0.15) is 19.8 Å². The van der Waals surface area contributed by atoms with E-state index in [1.807, 2.05) is 6.92 Å². The lowest BCUT2D eigenvalue weighted by molar-refractivity contribution is -0.167. The van der Waals surface area contributed by atoms with E-state index in [1.165, 1.54) is 0 Å². The second-order valence-corrected chi connectivity index (χ2v) is 4.88. The molecule has 14 heavy (non-hydrogen) atoms. The summed E-state index contributed by atoms with van der Waals surface area (Å²) >= 11 is 0. The summed E-state index contributed by atoms with van der Waals surface area (Å²) in [5.74, 6) is -0.634. The normalized spacial score (nSPS) is 21.3. The Morgan fingerprint density at radius 2 is 1.93 bits per heavy atom. The molecule has 0 aromatic heterocycles. The first-order valence-corrected chi connectivity index (χ1v) is 6.41. The van der Waals surface area contributed by atoms with E-state index < -0.39 is 15.9 Å². The average molecular weight is 224 g/mol. The first-order chi connectivity index (χ1) is 6.47. The Balaban J connectivity index is 2.35. The van der Waals surface area contributed by atoms with Gasteiger partial charge < -0.3 is 9.47 Å². The summed E-state index contributed by atoms with van der Waals surface area (Å²) < 4.78 is 36.8. The molecule has 1 aliphatic heterocycles. The van der Waals surface area contributed by atoms with E-state index in [0.29, 0.717) is 26.1 Å². The van der Waals surface area contributed by atoms with Gasteiger partial charge >= 0.3 is 0 Å². The van der Waals surface area contributed by atoms with Crippen molar-refractivity contribution in [2.75, 3.05) is 26.1 Å². The van der Waals surface area contributed by atoms with Crippen molar-refractivity contribution in [2.24, 2.45) is 0 Å². The quantitative estimate of drug-likeness (QED) is 0.637. The van der Waals surface area contributed by atoms with Crippen molar-refractivity contribution in [1.29, 1.82) is 0 Å². The first kappa shape index (κ1) is 11.9. The summed E-state index contributed by atoms with van der Waals surface area (Å²) in [5.41, 5.74) is 0. The van der Waals surface area contributed by atoms with Crippen LogP contribution < -0.4 is 0 Å². The van der Waals surface area contributed by atoms with Crippen LogP contribution >= 0.6 is 0 Å². The Morgan fingerprint density at radius 1 is 1.36 bits per heavy atom. The highest BCUT2D eigenvalue weighted by Gasteiger charge is 2.34. The lowest BCUT2D eigenvalue weighted by atomic mass is 10.1. The SMILES string of the molecule is CCC1(CCOS(C)(=O)=O)OCCO1. The molecule has 0 bridgehead atoms. The minimum absolute atomic E-state index is 0.104. The van der Waals surface area contributed by atoms with Crippen LogP contribution in [0.4, 0.5) is 0 Å². The Bertz CT molecular complexity index is 265. The molecule has 0 aromatic rings. The number of ether oxygens (including phenoxy) is 2. The van der Waals surface area contributed by atoms with Gasteiger partial charge in [0.15, 0.2) is 5.79 Å². The summed E-state index contributed by atoms with van der Waals surface area (Å²) in [5, 5.41) is 0. The average Bonchev–Trinajstić information content (AvgIpc) is 2.52. The Hall–Kier alpha value is -0.170. The lowest BCUT2D eigenvalue weighted by Crippen LogP contribution is -2.31. The predicted octanol–water partition coefficient (Wildman–Crippen LogP) is 0.506. The maximum atomic E-state index is 10.7. The molecule has 84 valence electrons. The molecule has 1 aliphatic rings. The van der Waals surface area contributed by atoms with Gasteiger partial charge in [-0.3, -0.25) is 4.18 Å². The van der Waals surface area contributed by atoms with Crippen molar-refractivity contribution in [1.82, 2.24) is 0 Å². The highest BCUT2D eigenvalue weighted by atomic mass is 32.2. The van der Waals surface area contributed by atoms with E-state index in [1.54, 1.807) is 0 Å². The summed E-state index contributed by atoms with van der Waals surface area (Å²) in [7, 11) is -3.36. The highest BCUT2D eigenvalue weighted by Crippen LogP contribution is 2.26. The maximum absolute atomic E-state index is 10.7. The molecular formula is C8H16O5S. The van der Waals surface area contributed by atoms with E-state index in [-0.39, 0.29) is 6.61 Å². The molecule has 5 nitrogen and oxygen atoms in total. The van der Waals surface area contributed by atoms with Gasteiger partial charge in [0, 0.05) is 6.42 Å². The number of hydrogen-bond donors (Lipinski definition) is 0. The molecule has 1 fully saturated rings. The maximum Gasteiger partial charge on any atom is 0.264 e. The molecule has 1 rings (SSSR count). The molecule has 1 saturated heterocycles. The van der Waals surface area contributed by atoms with Gasteiger partial charge in [-0.1, -0.05) is 6.92 Å². The number of hydrogen-bond acceptors (Lipinski definition) is 5. The molecule has 0 unspecified atom stereocenters. The first-order valence-electron chi connectivity index (χ1n) is 4.60. The topological polar surface area (TPSA) is 61.8 Å². The van der Waals surface area contributed by atoms with Crippen molar-refractivity contribution >= 4 is 10.1 Å². The molecule has 0 N–H and O–H groups in total. The Kier molecular flexibility index (Phi) is 3.88. The summed E-state index contributed by atoms with van der Waals surface area (Å²) in [6.45, 7) is 3.16. The highest BCUT2D eigenvalue weighted by molar-refractivity contribution is 7.85. The van der Waals surface area contributed by atoms with Crippen LogP contribution in [0.25, 0.3) is 0 Å². The van der Waals surface area contributed by atoms with E-state index in [4.69, 9.17) is 9.47 Å². The molecule has 0 saturated carbocycles. The van der Waals surface area contributed by atoms with E-state index >= 15 is 0 Å². The summed E-state index contributed by atoms with van der Waals surface area (Å²) in [4.78, 5) is 0. The van der Waals surface area contributed by atoms with Crippen LogP contribution in [0.2, 0.25) is 0 Å². The zero-order valence-corrected chi connectivity index (χ0v) is 9.30. The van der Waals surface area contributed by atoms with E-state index in [9.17, 15) is 8.42 Å². The predicted molar refractivity (Wildman–Crippen MR) is 50.3 cm³/mol. The summed E-state index contributed by atoms with van der Waals surface area (Å²) in [6.07, 6.45) is 2.17. The molecule has 6 heteroatoms. The fourth-order valence-corrected chi connectivity index (χ4v) is 1.76. The van der Waals surface area contributed by atoms with Crippen LogP contribution in [0, 0.1) is 0 Å². The van der Waals surface area contributed by atoms with E-state index in [2.05, 4.69) is 4.18 Å². The van der Waals surface area contributed by atoms with Crippen molar-refractivity contribution in [3.63, 3.8) is 0 Å². The molecule has 0 amide bonds. The van der Waals surface area contributed by atoms with E-state index in [0.717, 1.165) is 6.26 Å². The Labute approximate surface area is 84.5 Å². The van der Waals surface area contributed by atoms with Gasteiger partial charge in [0.05, 0.1) is 26.1 Å². The fourth-order valence-electron chi connectivity index (χ4n) is 1.37. The zero-order valence-electron chi connectivity index (χ0n) is 8.49. The van der Waals surface area contributed by atoms with Crippen LogP contribution in [-0.4, -0.2) is 40.3 Å². The van der Waals surface area contributed by atoms with Gasteiger partial charge in [-0.05, 0) is 6.42 Å². The largest absolute Gasteiger partial charge is 0.347 e.